The third-order valence-electron chi connectivity index (χ3n) is 6.16. The number of nitrogens with one attached hydrogen (secondary N) is 2. The molecule has 0 spiro atoms. The van der Waals surface area contributed by atoms with Gasteiger partial charge in [0.15, 0.2) is 0 Å². The number of ether oxygens (including phenoxy) is 2. The lowest BCUT2D eigenvalue weighted by Gasteiger charge is -2.17. The van der Waals surface area contributed by atoms with Crippen molar-refractivity contribution in [1.29, 1.82) is 0 Å². The zero-order valence-electron chi connectivity index (χ0n) is 19.2. The number of benzene rings is 2. The van der Waals surface area contributed by atoms with Gasteiger partial charge in [-0.1, -0.05) is 12.1 Å². The summed E-state index contributed by atoms with van der Waals surface area (Å²) >= 11 is 0. The highest BCUT2D eigenvalue weighted by atomic mass is 35.5. The van der Waals surface area contributed by atoms with E-state index in [1.54, 1.807) is 0 Å². The van der Waals surface area contributed by atoms with Crippen molar-refractivity contribution in [3.05, 3.63) is 70.8 Å². The van der Waals surface area contributed by atoms with E-state index in [0.717, 1.165) is 12.1 Å². The number of hydrogen-bond acceptors (Lipinski definition) is 6. The van der Waals surface area contributed by atoms with E-state index in [9.17, 15) is 27.2 Å². The van der Waals surface area contributed by atoms with Gasteiger partial charge in [0.1, 0.15) is 23.3 Å². The Morgan fingerprint density at radius 2 is 1.09 bits per heavy atom. The summed E-state index contributed by atoms with van der Waals surface area (Å²) in [5.74, 6) is -4.66. The number of carbonyl (C=O) groups is 2. The molecule has 2 heterocycles. The average Bonchev–Trinajstić information content (AvgIpc) is 3.48. The fourth-order valence-electron chi connectivity index (χ4n) is 4.41. The molecule has 0 saturated carbocycles. The highest BCUT2D eigenvalue weighted by Crippen LogP contribution is 2.32. The molecule has 192 valence electrons. The average molecular weight is 519 g/mol. The SMILES string of the molecule is COC(=O)[C@@H]1CNC[C@H]1c1ccc(F)cc1F.COC(=O)[C@@H]1CNC[C@H]1c1ccc(F)cc1F.Cl. The van der Waals surface area contributed by atoms with Crippen LogP contribution in [0.4, 0.5) is 17.6 Å². The van der Waals surface area contributed by atoms with Crippen LogP contribution in [0.25, 0.3) is 0 Å². The molecule has 2 aliphatic rings. The largest absolute Gasteiger partial charge is 0.469 e. The van der Waals surface area contributed by atoms with Crippen molar-refractivity contribution in [2.24, 2.45) is 11.8 Å². The summed E-state index contributed by atoms with van der Waals surface area (Å²) in [6, 6.07) is 6.84. The highest BCUT2D eigenvalue weighted by Gasteiger charge is 2.37. The number of esters is 2. The minimum Gasteiger partial charge on any atom is -0.469 e. The Labute approximate surface area is 206 Å². The summed E-state index contributed by atoms with van der Waals surface area (Å²) < 4.78 is 62.2. The van der Waals surface area contributed by atoms with Crippen molar-refractivity contribution in [2.75, 3.05) is 40.4 Å². The van der Waals surface area contributed by atoms with Crippen LogP contribution in [0.5, 0.6) is 0 Å². The number of halogens is 5. The van der Waals surface area contributed by atoms with Crippen molar-refractivity contribution in [1.82, 2.24) is 10.6 Å². The smallest absolute Gasteiger partial charge is 0.310 e. The quantitative estimate of drug-likeness (QED) is 0.478. The van der Waals surface area contributed by atoms with E-state index in [4.69, 9.17) is 0 Å². The molecular formula is C24H27ClF4N2O4. The van der Waals surface area contributed by atoms with Crippen molar-refractivity contribution in [3.63, 3.8) is 0 Å². The Balaban J connectivity index is 0.000000240. The molecule has 0 aromatic heterocycles. The van der Waals surface area contributed by atoms with Gasteiger partial charge < -0.3 is 20.1 Å². The monoisotopic (exact) mass is 518 g/mol. The van der Waals surface area contributed by atoms with Gasteiger partial charge in [-0.2, -0.15) is 0 Å². The van der Waals surface area contributed by atoms with Crippen LogP contribution in [0, 0.1) is 35.1 Å². The van der Waals surface area contributed by atoms with E-state index in [1.807, 2.05) is 0 Å². The first-order chi connectivity index (χ1) is 16.3. The lowest BCUT2D eigenvalue weighted by molar-refractivity contribution is -0.146. The molecule has 0 amide bonds. The maximum absolute atomic E-state index is 13.6. The Morgan fingerprint density at radius 1 is 0.714 bits per heavy atom. The number of rotatable bonds is 4. The van der Waals surface area contributed by atoms with Crippen LogP contribution in [0.2, 0.25) is 0 Å². The Bertz CT molecular complexity index is 961. The van der Waals surface area contributed by atoms with Gasteiger partial charge in [0, 0.05) is 50.1 Å². The lowest BCUT2D eigenvalue weighted by atomic mass is 9.88. The normalized spacial score (nSPS) is 23.0. The second-order valence-corrected chi connectivity index (χ2v) is 8.12. The zero-order valence-corrected chi connectivity index (χ0v) is 20.0. The number of methoxy groups -OCH3 is 2. The molecule has 0 aliphatic carbocycles. The van der Waals surface area contributed by atoms with Crippen LogP contribution in [0.1, 0.15) is 23.0 Å². The van der Waals surface area contributed by atoms with Crippen LogP contribution in [0.15, 0.2) is 36.4 Å². The first kappa shape index (κ1) is 28.5. The van der Waals surface area contributed by atoms with Crippen LogP contribution < -0.4 is 10.6 Å². The molecule has 2 aromatic rings. The molecule has 0 unspecified atom stereocenters. The van der Waals surface area contributed by atoms with E-state index in [-0.39, 0.29) is 36.2 Å². The van der Waals surface area contributed by atoms with Gasteiger partial charge in [0.05, 0.1) is 26.1 Å². The summed E-state index contributed by atoms with van der Waals surface area (Å²) in [7, 11) is 2.61. The summed E-state index contributed by atoms with van der Waals surface area (Å²) in [6.07, 6.45) is 0. The molecule has 2 aromatic carbocycles. The van der Waals surface area contributed by atoms with Gasteiger partial charge in [-0.3, -0.25) is 9.59 Å². The maximum Gasteiger partial charge on any atom is 0.310 e. The fourth-order valence-corrected chi connectivity index (χ4v) is 4.41. The van der Waals surface area contributed by atoms with E-state index in [0.29, 0.717) is 37.3 Å². The van der Waals surface area contributed by atoms with Gasteiger partial charge in [0.2, 0.25) is 0 Å². The van der Waals surface area contributed by atoms with Gasteiger partial charge >= 0.3 is 11.9 Å². The summed E-state index contributed by atoms with van der Waals surface area (Å²) in [4.78, 5) is 23.0. The predicted molar refractivity (Wildman–Crippen MR) is 122 cm³/mol. The zero-order chi connectivity index (χ0) is 24.8. The lowest BCUT2D eigenvalue weighted by Crippen LogP contribution is -2.23. The second kappa shape index (κ2) is 12.9. The molecule has 2 fully saturated rings. The molecule has 4 rings (SSSR count). The first-order valence-corrected chi connectivity index (χ1v) is 10.7. The van der Waals surface area contributed by atoms with E-state index in [2.05, 4.69) is 20.1 Å². The Hall–Kier alpha value is -2.69. The second-order valence-electron chi connectivity index (χ2n) is 8.12. The molecule has 2 aliphatic heterocycles. The third-order valence-corrected chi connectivity index (χ3v) is 6.16. The van der Waals surface area contributed by atoms with Gasteiger partial charge in [-0.25, -0.2) is 17.6 Å². The number of hydrogen-bond donors (Lipinski definition) is 2. The highest BCUT2D eigenvalue weighted by molar-refractivity contribution is 5.85. The van der Waals surface area contributed by atoms with E-state index < -0.39 is 35.1 Å². The van der Waals surface area contributed by atoms with Gasteiger partial charge in [0.25, 0.3) is 0 Å². The molecule has 2 N–H and O–H groups in total. The van der Waals surface area contributed by atoms with Crippen LogP contribution >= 0.6 is 12.4 Å². The van der Waals surface area contributed by atoms with Crippen molar-refractivity contribution in [3.8, 4) is 0 Å². The molecule has 2 saturated heterocycles. The van der Waals surface area contributed by atoms with Gasteiger partial charge in [-0.05, 0) is 23.3 Å². The Morgan fingerprint density at radius 3 is 1.40 bits per heavy atom. The maximum atomic E-state index is 13.6. The predicted octanol–water partition coefficient (Wildman–Crippen LogP) is 3.30. The first-order valence-electron chi connectivity index (χ1n) is 10.7. The fraction of sp³-hybridized carbons (Fsp3) is 0.417. The van der Waals surface area contributed by atoms with Crippen LogP contribution in [-0.4, -0.2) is 52.3 Å². The standard InChI is InChI=1S/2C12H13F2NO2.ClH/c2*1-17-12(16)10-6-15-5-9(10)8-3-2-7(13)4-11(8)14;/h2*2-4,9-10,15H,5-6H2,1H3;1H/t2*9-,10+;/m00./s1. The van der Waals surface area contributed by atoms with Crippen molar-refractivity contribution >= 4 is 24.3 Å². The molecular weight excluding hydrogens is 492 g/mol. The topological polar surface area (TPSA) is 76.7 Å². The number of carbonyl (C=O) groups excluding carboxylic acids is 2. The van der Waals surface area contributed by atoms with E-state index >= 15 is 0 Å². The Kier molecular flexibility index (Phi) is 10.5. The van der Waals surface area contributed by atoms with Crippen LogP contribution in [-0.2, 0) is 19.1 Å². The summed E-state index contributed by atoms with van der Waals surface area (Å²) in [6.45, 7) is 1.88. The molecule has 0 bridgehead atoms. The third kappa shape index (κ3) is 6.71. The minimum absolute atomic E-state index is 0. The van der Waals surface area contributed by atoms with Crippen molar-refractivity contribution < 1.29 is 36.6 Å². The molecule has 0 radical (unpaired) electrons. The summed E-state index contributed by atoms with van der Waals surface area (Å²) in [5, 5.41) is 6.03. The van der Waals surface area contributed by atoms with Gasteiger partial charge in [-0.15, -0.1) is 12.4 Å². The molecule has 11 heteroatoms. The minimum atomic E-state index is -0.619. The van der Waals surface area contributed by atoms with Crippen molar-refractivity contribution in [2.45, 2.75) is 11.8 Å². The van der Waals surface area contributed by atoms with E-state index in [1.165, 1.54) is 38.5 Å². The molecule has 6 nitrogen and oxygen atoms in total. The molecule has 35 heavy (non-hydrogen) atoms. The molecule has 4 atom stereocenters. The van der Waals surface area contributed by atoms with Crippen LogP contribution in [0.3, 0.4) is 0 Å². The summed E-state index contributed by atoms with van der Waals surface area (Å²) in [5.41, 5.74) is 0.707.